The maximum absolute atomic E-state index is 12.8. The second kappa shape index (κ2) is 7.07. The molecule has 3 rings (SSSR count). The quantitative estimate of drug-likeness (QED) is 0.655. The van der Waals surface area contributed by atoms with E-state index in [4.69, 9.17) is 0 Å². The van der Waals surface area contributed by atoms with Gasteiger partial charge in [-0.1, -0.05) is 54.6 Å². The Morgan fingerprint density at radius 3 is 2.38 bits per heavy atom. The Morgan fingerprint density at radius 1 is 0.962 bits per heavy atom. The molecule has 0 aliphatic rings. The lowest BCUT2D eigenvalue weighted by molar-refractivity contribution is -0.274. The Balaban J connectivity index is 1.86. The van der Waals surface area contributed by atoms with Crippen LogP contribution < -0.4 is 4.74 Å². The van der Waals surface area contributed by atoms with Crippen molar-refractivity contribution in [3.05, 3.63) is 77.9 Å². The first-order valence-electron chi connectivity index (χ1n) is 7.92. The van der Waals surface area contributed by atoms with Crippen molar-refractivity contribution in [2.24, 2.45) is 0 Å². The monoisotopic (exact) mass is 359 g/mol. The highest BCUT2D eigenvalue weighted by molar-refractivity contribution is 6.06. The number of carbonyl (C=O) groups excluding carboxylic acids is 1. The molecule has 3 nitrogen and oxygen atoms in total. The van der Waals surface area contributed by atoms with Crippen LogP contribution in [-0.4, -0.2) is 24.2 Å². The topological polar surface area (TPSA) is 29.5 Å². The first-order chi connectivity index (χ1) is 12.3. The van der Waals surface area contributed by atoms with Gasteiger partial charge in [-0.2, -0.15) is 0 Å². The third-order valence-electron chi connectivity index (χ3n) is 3.97. The van der Waals surface area contributed by atoms with Crippen molar-refractivity contribution in [3.63, 3.8) is 0 Å². The Labute approximate surface area is 148 Å². The van der Waals surface area contributed by atoms with E-state index in [1.165, 1.54) is 23.1 Å². The zero-order valence-electron chi connectivity index (χ0n) is 14.0. The van der Waals surface area contributed by atoms with Gasteiger partial charge in [-0.15, -0.1) is 13.2 Å². The zero-order valence-corrected chi connectivity index (χ0v) is 14.0. The molecule has 0 N–H and O–H groups in total. The first-order valence-corrected chi connectivity index (χ1v) is 7.92. The van der Waals surface area contributed by atoms with Crippen LogP contribution in [0.25, 0.3) is 10.8 Å². The van der Waals surface area contributed by atoms with Crippen molar-refractivity contribution in [1.82, 2.24) is 4.90 Å². The lowest BCUT2D eigenvalue weighted by Crippen LogP contribution is -2.27. The van der Waals surface area contributed by atoms with Gasteiger partial charge in [-0.25, -0.2) is 0 Å². The summed E-state index contributed by atoms with van der Waals surface area (Å²) in [6.45, 7) is -0.00565. The van der Waals surface area contributed by atoms with Gasteiger partial charge in [0.15, 0.2) is 0 Å². The van der Waals surface area contributed by atoms with Gasteiger partial charge in [0.1, 0.15) is 5.75 Å². The highest BCUT2D eigenvalue weighted by atomic mass is 19.4. The molecule has 0 radical (unpaired) electrons. The van der Waals surface area contributed by atoms with Crippen molar-refractivity contribution in [3.8, 4) is 5.75 Å². The average Bonchev–Trinajstić information content (AvgIpc) is 2.61. The molecule has 0 spiro atoms. The van der Waals surface area contributed by atoms with Crippen molar-refractivity contribution < 1.29 is 22.7 Å². The van der Waals surface area contributed by atoms with Crippen LogP contribution in [0.1, 0.15) is 15.9 Å². The molecular weight excluding hydrogens is 343 g/mol. The van der Waals surface area contributed by atoms with Crippen molar-refractivity contribution in [2.45, 2.75) is 12.9 Å². The summed E-state index contributed by atoms with van der Waals surface area (Å²) < 4.78 is 41.7. The minimum absolute atomic E-state index is 0.00565. The number of carbonyl (C=O) groups is 1. The van der Waals surface area contributed by atoms with E-state index in [9.17, 15) is 18.0 Å². The van der Waals surface area contributed by atoms with E-state index in [-0.39, 0.29) is 23.8 Å². The molecule has 3 aromatic carbocycles. The SMILES string of the molecule is CN(Cc1ccccc1OC(F)(F)F)C(=O)c1cccc2ccccc12. The molecular formula is C20H16F3NO2. The van der Waals surface area contributed by atoms with E-state index in [0.717, 1.165) is 10.8 Å². The number of nitrogens with zero attached hydrogens (tertiary/aromatic N) is 1. The molecule has 0 aliphatic heterocycles. The zero-order chi connectivity index (χ0) is 18.7. The number of ether oxygens (including phenoxy) is 1. The summed E-state index contributed by atoms with van der Waals surface area (Å²) in [7, 11) is 1.55. The summed E-state index contributed by atoms with van der Waals surface area (Å²) in [6, 6.07) is 18.7. The molecule has 1 amide bonds. The summed E-state index contributed by atoms with van der Waals surface area (Å²) in [5.41, 5.74) is 0.778. The molecule has 0 saturated heterocycles. The Kier molecular flexibility index (Phi) is 4.84. The molecule has 0 fully saturated rings. The van der Waals surface area contributed by atoms with Gasteiger partial charge in [0.05, 0.1) is 0 Å². The lowest BCUT2D eigenvalue weighted by Gasteiger charge is -2.20. The molecule has 0 atom stereocenters. The maximum Gasteiger partial charge on any atom is 0.573 e. The van der Waals surface area contributed by atoms with E-state index in [1.54, 1.807) is 25.2 Å². The second-order valence-corrected chi connectivity index (χ2v) is 5.84. The summed E-state index contributed by atoms with van der Waals surface area (Å²) in [4.78, 5) is 14.2. The minimum Gasteiger partial charge on any atom is -0.405 e. The number of alkyl halides is 3. The molecule has 0 aromatic heterocycles. The molecule has 0 heterocycles. The van der Waals surface area contributed by atoms with Gasteiger partial charge >= 0.3 is 6.36 Å². The Hall–Kier alpha value is -3.02. The van der Waals surface area contributed by atoms with Crippen molar-refractivity contribution in [1.29, 1.82) is 0 Å². The Bertz CT molecular complexity index is 932. The van der Waals surface area contributed by atoms with Gasteiger partial charge in [-0.3, -0.25) is 4.79 Å². The largest absolute Gasteiger partial charge is 0.573 e. The number of para-hydroxylation sites is 1. The van der Waals surface area contributed by atoms with Crippen LogP contribution in [0.15, 0.2) is 66.7 Å². The maximum atomic E-state index is 12.8. The summed E-state index contributed by atoms with van der Waals surface area (Å²) in [6.07, 6.45) is -4.78. The van der Waals surface area contributed by atoms with Crippen molar-refractivity contribution in [2.75, 3.05) is 7.05 Å². The van der Waals surface area contributed by atoms with Crippen LogP contribution in [0.3, 0.4) is 0 Å². The third-order valence-corrected chi connectivity index (χ3v) is 3.97. The molecule has 0 aliphatic carbocycles. The summed E-state index contributed by atoms with van der Waals surface area (Å²) in [5, 5.41) is 1.72. The molecule has 0 unspecified atom stereocenters. The number of hydrogen-bond donors (Lipinski definition) is 0. The number of fused-ring (bicyclic) bond motifs is 1. The fourth-order valence-electron chi connectivity index (χ4n) is 2.80. The van der Waals surface area contributed by atoms with E-state index in [0.29, 0.717) is 5.56 Å². The second-order valence-electron chi connectivity index (χ2n) is 5.84. The predicted molar refractivity (Wildman–Crippen MR) is 92.9 cm³/mol. The van der Waals surface area contributed by atoms with Gasteiger partial charge in [0, 0.05) is 24.7 Å². The molecule has 134 valence electrons. The van der Waals surface area contributed by atoms with Gasteiger partial charge in [0.2, 0.25) is 0 Å². The molecule has 26 heavy (non-hydrogen) atoms. The van der Waals surface area contributed by atoms with Crippen LogP contribution in [0.4, 0.5) is 13.2 Å². The third kappa shape index (κ3) is 3.96. The summed E-state index contributed by atoms with van der Waals surface area (Å²) >= 11 is 0. The number of halogens is 3. The minimum atomic E-state index is -4.78. The van der Waals surface area contributed by atoms with Gasteiger partial charge in [0.25, 0.3) is 5.91 Å². The fraction of sp³-hybridized carbons (Fsp3) is 0.150. The van der Waals surface area contributed by atoms with Crippen LogP contribution in [0, 0.1) is 0 Å². The highest BCUT2D eigenvalue weighted by Gasteiger charge is 2.32. The normalized spacial score (nSPS) is 11.4. The van der Waals surface area contributed by atoms with E-state index < -0.39 is 6.36 Å². The smallest absolute Gasteiger partial charge is 0.405 e. The number of benzene rings is 3. The number of hydrogen-bond acceptors (Lipinski definition) is 2. The lowest BCUT2D eigenvalue weighted by atomic mass is 10.0. The van der Waals surface area contributed by atoms with Crippen LogP contribution in [-0.2, 0) is 6.54 Å². The average molecular weight is 359 g/mol. The van der Waals surface area contributed by atoms with E-state index in [2.05, 4.69) is 4.74 Å². The number of rotatable bonds is 4. The predicted octanol–water partition coefficient (Wildman–Crippen LogP) is 5.01. The van der Waals surface area contributed by atoms with E-state index >= 15 is 0 Å². The highest BCUT2D eigenvalue weighted by Crippen LogP contribution is 2.27. The van der Waals surface area contributed by atoms with Crippen LogP contribution >= 0.6 is 0 Å². The van der Waals surface area contributed by atoms with Crippen molar-refractivity contribution >= 4 is 16.7 Å². The number of amides is 1. The summed E-state index contributed by atoms with van der Waals surface area (Å²) in [5.74, 6) is -0.582. The molecule has 3 aromatic rings. The first kappa shape index (κ1) is 17.8. The van der Waals surface area contributed by atoms with E-state index in [1.807, 2.05) is 30.3 Å². The fourth-order valence-corrected chi connectivity index (χ4v) is 2.80. The van der Waals surface area contributed by atoms with Gasteiger partial charge < -0.3 is 9.64 Å². The Morgan fingerprint density at radius 2 is 1.62 bits per heavy atom. The van der Waals surface area contributed by atoms with Crippen LogP contribution in [0.5, 0.6) is 5.75 Å². The molecule has 0 bridgehead atoms. The molecule has 0 saturated carbocycles. The standard InChI is InChI=1S/C20H16F3NO2/c1-24(13-15-8-3-5-12-18(15)26-20(21,22)23)19(25)17-11-6-9-14-7-2-4-10-16(14)17/h2-12H,13H2,1H3. The van der Waals surface area contributed by atoms with Crippen LogP contribution in [0.2, 0.25) is 0 Å². The van der Waals surface area contributed by atoms with Gasteiger partial charge in [-0.05, 0) is 22.9 Å². The molecule has 6 heteroatoms.